The first kappa shape index (κ1) is 14.4. The number of allylic oxidation sites excluding steroid dienone is 1. The molecule has 110 valence electrons. The monoisotopic (exact) mass is 310 g/mol. The standard InChI is InChI=1S/C17H14N2O2S/c1-12-4-3-5-14(8-12)19-11-15(10-18)22(20,21)17-7-6-13(2)9-16(17)19/h3-9,11H,1-2H3. The summed E-state index contributed by atoms with van der Waals surface area (Å²) in [5.74, 6) is 0. The molecule has 0 saturated carbocycles. The van der Waals surface area contributed by atoms with E-state index in [0.29, 0.717) is 5.69 Å². The molecule has 3 rings (SSSR count). The average Bonchev–Trinajstić information content (AvgIpc) is 2.47. The summed E-state index contributed by atoms with van der Waals surface area (Å²) in [5, 5.41) is 9.20. The van der Waals surface area contributed by atoms with E-state index in [-0.39, 0.29) is 9.80 Å². The Balaban J connectivity index is 2.32. The second-order valence-electron chi connectivity index (χ2n) is 5.29. The molecule has 0 aromatic heterocycles. The molecule has 0 radical (unpaired) electrons. The van der Waals surface area contributed by atoms with E-state index in [1.54, 1.807) is 23.1 Å². The van der Waals surface area contributed by atoms with Crippen molar-refractivity contribution in [1.82, 2.24) is 0 Å². The van der Waals surface area contributed by atoms with Crippen molar-refractivity contribution in [3.8, 4) is 6.07 Å². The molecule has 0 spiro atoms. The van der Waals surface area contributed by atoms with Crippen LogP contribution in [0.4, 0.5) is 11.4 Å². The SMILES string of the molecule is Cc1cccc(N2C=C(C#N)S(=O)(=O)c3ccc(C)cc32)c1. The number of fused-ring (bicyclic) bond motifs is 1. The van der Waals surface area contributed by atoms with E-state index < -0.39 is 9.84 Å². The Labute approximate surface area is 129 Å². The number of hydrogen-bond acceptors (Lipinski definition) is 4. The third kappa shape index (κ3) is 2.18. The molecule has 22 heavy (non-hydrogen) atoms. The molecule has 1 aliphatic rings. The van der Waals surface area contributed by atoms with Crippen LogP contribution in [0, 0.1) is 25.2 Å². The summed E-state index contributed by atoms with van der Waals surface area (Å²) >= 11 is 0. The molecule has 1 heterocycles. The Bertz CT molecular complexity index is 937. The van der Waals surface area contributed by atoms with Crippen molar-refractivity contribution < 1.29 is 8.42 Å². The zero-order valence-electron chi connectivity index (χ0n) is 12.2. The van der Waals surface area contributed by atoms with E-state index in [9.17, 15) is 13.7 Å². The van der Waals surface area contributed by atoms with Crippen LogP contribution in [0.5, 0.6) is 0 Å². The van der Waals surface area contributed by atoms with Gasteiger partial charge in [-0.05, 0) is 49.2 Å². The highest BCUT2D eigenvalue weighted by molar-refractivity contribution is 7.95. The number of aryl methyl sites for hydroxylation is 2. The topological polar surface area (TPSA) is 61.2 Å². The third-order valence-corrected chi connectivity index (χ3v) is 5.29. The first-order valence-corrected chi connectivity index (χ1v) is 8.25. The molecule has 0 amide bonds. The fraction of sp³-hybridized carbons (Fsp3) is 0.118. The van der Waals surface area contributed by atoms with Gasteiger partial charge < -0.3 is 4.90 Å². The van der Waals surface area contributed by atoms with Crippen LogP contribution in [0.25, 0.3) is 0 Å². The lowest BCUT2D eigenvalue weighted by molar-refractivity contribution is 0.602. The molecule has 2 aromatic rings. The Kier molecular flexibility index (Phi) is 3.27. The van der Waals surface area contributed by atoms with Crippen molar-refractivity contribution in [3.05, 3.63) is 64.7 Å². The molecule has 5 heteroatoms. The van der Waals surface area contributed by atoms with Crippen molar-refractivity contribution in [2.45, 2.75) is 18.7 Å². The van der Waals surface area contributed by atoms with Crippen LogP contribution in [0.2, 0.25) is 0 Å². The summed E-state index contributed by atoms with van der Waals surface area (Å²) in [7, 11) is -3.74. The second kappa shape index (κ2) is 5.00. The van der Waals surface area contributed by atoms with Gasteiger partial charge in [-0.25, -0.2) is 8.42 Å². The molecule has 0 atom stereocenters. The number of nitrogens with zero attached hydrogens (tertiary/aromatic N) is 2. The van der Waals surface area contributed by atoms with Gasteiger partial charge in [-0.2, -0.15) is 5.26 Å². The first-order valence-electron chi connectivity index (χ1n) is 6.77. The van der Waals surface area contributed by atoms with Crippen molar-refractivity contribution in [3.63, 3.8) is 0 Å². The largest absolute Gasteiger partial charge is 0.314 e. The molecular weight excluding hydrogens is 296 g/mol. The van der Waals surface area contributed by atoms with E-state index in [0.717, 1.165) is 16.8 Å². The maximum atomic E-state index is 12.5. The number of hydrogen-bond donors (Lipinski definition) is 0. The van der Waals surface area contributed by atoms with Gasteiger partial charge in [0.1, 0.15) is 6.07 Å². The predicted molar refractivity (Wildman–Crippen MR) is 85.4 cm³/mol. The molecule has 0 N–H and O–H groups in total. The number of nitriles is 1. The number of rotatable bonds is 1. The molecule has 0 unspecified atom stereocenters. The van der Waals surface area contributed by atoms with Crippen LogP contribution in [0.1, 0.15) is 11.1 Å². The minimum Gasteiger partial charge on any atom is -0.314 e. The third-order valence-electron chi connectivity index (χ3n) is 3.59. The Hall–Kier alpha value is -2.58. The van der Waals surface area contributed by atoms with Crippen molar-refractivity contribution in [1.29, 1.82) is 5.26 Å². The van der Waals surface area contributed by atoms with E-state index in [1.807, 2.05) is 44.2 Å². The van der Waals surface area contributed by atoms with Crippen LogP contribution in [-0.2, 0) is 9.84 Å². The van der Waals surface area contributed by atoms with Gasteiger partial charge in [0.25, 0.3) is 0 Å². The van der Waals surface area contributed by atoms with Crippen LogP contribution in [0.15, 0.2) is 58.5 Å². The molecule has 0 fully saturated rings. The zero-order valence-corrected chi connectivity index (χ0v) is 13.1. The van der Waals surface area contributed by atoms with Crippen LogP contribution >= 0.6 is 0 Å². The van der Waals surface area contributed by atoms with Crippen LogP contribution in [0.3, 0.4) is 0 Å². The highest BCUT2D eigenvalue weighted by Gasteiger charge is 2.32. The lowest BCUT2D eigenvalue weighted by atomic mass is 10.1. The number of sulfone groups is 1. The van der Waals surface area contributed by atoms with Crippen molar-refractivity contribution in [2.24, 2.45) is 0 Å². The highest BCUT2D eigenvalue weighted by atomic mass is 32.2. The van der Waals surface area contributed by atoms with Crippen molar-refractivity contribution >= 4 is 21.2 Å². The number of anilines is 2. The van der Waals surface area contributed by atoms with E-state index in [1.165, 1.54) is 6.20 Å². The molecule has 2 aromatic carbocycles. The first-order chi connectivity index (χ1) is 10.4. The molecule has 4 nitrogen and oxygen atoms in total. The fourth-order valence-electron chi connectivity index (χ4n) is 2.50. The maximum absolute atomic E-state index is 12.5. The van der Waals surface area contributed by atoms with E-state index >= 15 is 0 Å². The van der Waals surface area contributed by atoms with E-state index in [4.69, 9.17) is 0 Å². The predicted octanol–water partition coefficient (Wildman–Crippen LogP) is 3.59. The van der Waals surface area contributed by atoms with Crippen LogP contribution < -0.4 is 4.90 Å². The van der Waals surface area contributed by atoms with Gasteiger partial charge >= 0.3 is 0 Å². The lowest BCUT2D eigenvalue weighted by Gasteiger charge is -2.28. The van der Waals surface area contributed by atoms with E-state index in [2.05, 4.69) is 0 Å². The summed E-state index contributed by atoms with van der Waals surface area (Å²) in [4.78, 5) is 1.68. The molecule has 1 aliphatic heterocycles. The van der Waals surface area contributed by atoms with Crippen LogP contribution in [-0.4, -0.2) is 8.42 Å². The molecular formula is C17H14N2O2S. The summed E-state index contributed by atoms with van der Waals surface area (Å²) in [5.41, 5.74) is 3.42. The lowest BCUT2D eigenvalue weighted by Crippen LogP contribution is -2.21. The van der Waals surface area contributed by atoms with Gasteiger partial charge in [-0.15, -0.1) is 0 Å². The Morgan fingerprint density at radius 2 is 1.77 bits per heavy atom. The summed E-state index contributed by atoms with van der Waals surface area (Å²) in [6.07, 6.45) is 1.39. The van der Waals surface area contributed by atoms with Gasteiger partial charge in [0.15, 0.2) is 4.91 Å². The maximum Gasteiger partial charge on any atom is 0.220 e. The van der Waals surface area contributed by atoms with Gasteiger partial charge in [-0.1, -0.05) is 18.2 Å². The molecule has 0 bridgehead atoms. The smallest absolute Gasteiger partial charge is 0.220 e. The normalized spacial score (nSPS) is 15.7. The number of benzene rings is 2. The quantitative estimate of drug-likeness (QED) is 0.807. The van der Waals surface area contributed by atoms with Crippen molar-refractivity contribution in [2.75, 3.05) is 4.90 Å². The van der Waals surface area contributed by atoms with Gasteiger partial charge in [-0.3, -0.25) is 0 Å². The molecule has 0 saturated heterocycles. The van der Waals surface area contributed by atoms with Gasteiger partial charge in [0.2, 0.25) is 9.84 Å². The summed E-state index contributed by atoms with van der Waals surface area (Å²) < 4.78 is 24.9. The second-order valence-corrected chi connectivity index (χ2v) is 7.18. The highest BCUT2D eigenvalue weighted by Crippen LogP contribution is 2.39. The zero-order chi connectivity index (χ0) is 15.9. The minimum atomic E-state index is -3.74. The summed E-state index contributed by atoms with van der Waals surface area (Å²) in [6.45, 7) is 3.88. The van der Waals surface area contributed by atoms with Gasteiger partial charge in [0.05, 0.1) is 10.6 Å². The minimum absolute atomic E-state index is 0.165. The molecule has 0 aliphatic carbocycles. The Morgan fingerprint density at radius 1 is 1.05 bits per heavy atom. The Morgan fingerprint density at radius 3 is 2.45 bits per heavy atom. The van der Waals surface area contributed by atoms with Gasteiger partial charge in [0, 0.05) is 11.9 Å². The fourth-order valence-corrected chi connectivity index (χ4v) is 3.78. The summed E-state index contributed by atoms with van der Waals surface area (Å²) in [6, 6.07) is 14.6. The average molecular weight is 310 g/mol.